The minimum Gasteiger partial charge on any atom is -0.308 e. The molecule has 19 heavy (non-hydrogen) atoms. The summed E-state index contributed by atoms with van der Waals surface area (Å²) in [6.07, 6.45) is 0.936. The van der Waals surface area contributed by atoms with E-state index in [1.54, 1.807) is 0 Å². The second kappa shape index (κ2) is 4.82. The molecule has 96 valence electrons. The van der Waals surface area contributed by atoms with E-state index in [1.807, 2.05) is 48.2 Å². The number of anilines is 1. The number of para-hydroxylation sites is 1. The summed E-state index contributed by atoms with van der Waals surface area (Å²) in [5.41, 5.74) is 4.12. The van der Waals surface area contributed by atoms with Gasteiger partial charge < -0.3 is 4.90 Å². The first-order chi connectivity index (χ1) is 9.16. The van der Waals surface area contributed by atoms with Gasteiger partial charge in [0, 0.05) is 16.7 Å². The van der Waals surface area contributed by atoms with Gasteiger partial charge in [-0.2, -0.15) is 0 Å². The van der Waals surface area contributed by atoms with Gasteiger partial charge in [0.1, 0.15) is 0 Å². The van der Waals surface area contributed by atoms with Crippen molar-refractivity contribution in [3.63, 3.8) is 0 Å². The van der Waals surface area contributed by atoms with Crippen molar-refractivity contribution in [3.05, 3.63) is 63.6 Å². The third kappa shape index (κ3) is 2.19. The molecular formula is C16H14BrNO. The van der Waals surface area contributed by atoms with E-state index < -0.39 is 0 Å². The Hall–Kier alpha value is -1.61. The van der Waals surface area contributed by atoms with E-state index in [4.69, 9.17) is 0 Å². The van der Waals surface area contributed by atoms with Crippen LogP contribution in [0, 0.1) is 6.92 Å². The zero-order valence-corrected chi connectivity index (χ0v) is 12.3. The summed E-state index contributed by atoms with van der Waals surface area (Å²) in [5, 5.41) is 0. The molecule has 2 nitrogen and oxygen atoms in total. The molecule has 2 aromatic rings. The van der Waals surface area contributed by atoms with Crippen LogP contribution in [0.2, 0.25) is 0 Å². The molecule has 0 spiro atoms. The number of benzene rings is 2. The monoisotopic (exact) mass is 315 g/mol. The first kappa shape index (κ1) is 12.4. The molecule has 0 unspecified atom stereocenters. The summed E-state index contributed by atoms with van der Waals surface area (Å²) in [4.78, 5) is 14.5. The highest BCUT2D eigenvalue weighted by Gasteiger charge is 2.26. The van der Waals surface area contributed by atoms with Crippen molar-refractivity contribution in [2.45, 2.75) is 13.3 Å². The summed E-state index contributed by atoms with van der Waals surface area (Å²) >= 11 is 3.47. The Labute approximate surface area is 121 Å². The second-order valence-electron chi connectivity index (χ2n) is 4.82. The smallest absolute Gasteiger partial charge is 0.259 e. The van der Waals surface area contributed by atoms with Crippen molar-refractivity contribution >= 4 is 27.5 Å². The number of hydrogen-bond donors (Lipinski definition) is 0. The van der Waals surface area contributed by atoms with Gasteiger partial charge in [-0.3, -0.25) is 4.79 Å². The minimum absolute atomic E-state index is 0.0699. The van der Waals surface area contributed by atoms with Gasteiger partial charge >= 0.3 is 0 Å². The van der Waals surface area contributed by atoms with E-state index in [1.165, 1.54) is 5.56 Å². The third-order valence-corrected chi connectivity index (χ3v) is 4.18. The van der Waals surface area contributed by atoms with Crippen LogP contribution in [0.1, 0.15) is 21.5 Å². The SMILES string of the molecule is Cc1ccc(Br)c(C(=O)N2CCc3ccccc32)c1. The third-order valence-electron chi connectivity index (χ3n) is 3.48. The van der Waals surface area contributed by atoms with Gasteiger partial charge in [0.2, 0.25) is 0 Å². The molecule has 3 heteroatoms. The molecule has 2 aromatic carbocycles. The number of aryl methyl sites for hydroxylation is 1. The van der Waals surface area contributed by atoms with Crippen LogP contribution < -0.4 is 4.90 Å². The van der Waals surface area contributed by atoms with Crippen LogP contribution >= 0.6 is 15.9 Å². The van der Waals surface area contributed by atoms with Gasteiger partial charge in [-0.25, -0.2) is 0 Å². The number of fused-ring (bicyclic) bond motifs is 1. The maximum absolute atomic E-state index is 12.7. The topological polar surface area (TPSA) is 20.3 Å². The average Bonchev–Trinajstić information content (AvgIpc) is 2.84. The Morgan fingerprint density at radius 3 is 2.84 bits per heavy atom. The lowest BCUT2D eigenvalue weighted by atomic mass is 10.1. The van der Waals surface area contributed by atoms with Gasteiger partial charge in [-0.15, -0.1) is 0 Å². The van der Waals surface area contributed by atoms with Crippen LogP contribution in [0.15, 0.2) is 46.9 Å². The van der Waals surface area contributed by atoms with Crippen molar-refractivity contribution in [2.75, 3.05) is 11.4 Å². The molecule has 0 aliphatic carbocycles. The molecule has 0 radical (unpaired) electrons. The number of hydrogen-bond acceptors (Lipinski definition) is 1. The molecule has 0 fully saturated rings. The van der Waals surface area contributed by atoms with Crippen LogP contribution in [-0.2, 0) is 6.42 Å². The number of halogens is 1. The quantitative estimate of drug-likeness (QED) is 0.780. The van der Waals surface area contributed by atoms with Crippen LogP contribution in [0.5, 0.6) is 0 Å². The fourth-order valence-electron chi connectivity index (χ4n) is 2.50. The fourth-order valence-corrected chi connectivity index (χ4v) is 2.91. The van der Waals surface area contributed by atoms with Crippen molar-refractivity contribution in [3.8, 4) is 0 Å². The van der Waals surface area contributed by atoms with Crippen molar-refractivity contribution in [1.29, 1.82) is 0 Å². The second-order valence-corrected chi connectivity index (χ2v) is 5.67. The Morgan fingerprint density at radius 1 is 1.21 bits per heavy atom. The van der Waals surface area contributed by atoms with Crippen LogP contribution in [0.3, 0.4) is 0 Å². The standard InChI is InChI=1S/C16H14BrNO/c1-11-6-7-14(17)13(10-11)16(19)18-9-8-12-4-2-3-5-15(12)18/h2-7,10H,8-9H2,1H3. The lowest BCUT2D eigenvalue weighted by Gasteiger charge is -2.18. The lowest BCUT2D eigenvalue weighted by molar-refractivity contribution is 0.0988. The van der Waals surface area contributed by atoms with Gasteiger partial charge in [-0.1, -0.05) is 29.8 Å². The van der Waals surface area contributed by atoms with Gasteiger partial charge in [0.25, 0.3) is 5.91 Å². The van der Waals surface area contributed by atoms with Crippen molar-refractivity contribution in [2.24, 2.45) is 0 Å². The molecule has 0 aromatic heterocycles. The lowest BCUT2D eigenvalue weighted by Crippen LogP contribution is -2.29. The first-order valence-corrected chi connectivity index (χ1v) is 7.12. The number of carbonyl (C=O) groups is 1. The molecule has 0 saturated heterocycles. The summed E-state index contributed by atoms with van der Waals surface area (Å²) in [6.45, 7) is 2.76. The summed E-state index contributed by atoms with van der Waals surface area (Å²) in [7, 11) is 0. The fraction of sp³-hybridized carbons (Fsp3) is 0.188. The van der Waals surface area contributed by atoms with Crippen LogP contribution in [0.25, 0.3) is 0 Å². The highest BCUT2D eigenvalue weighted by molar-refractivity contribution is 9.10. The average molecular weight is 316 g/mol. The minimum atomic E-state index is 0.0699. The molecule has 0 bridgehead atoms. The summed E-state index contributed by atoms with van der Waals surface area (Å²) < 4.78 is 0.854. The maximum Gasteiger partial charge on any atom is 0.259 e. The summed E-state index contributed by atoms with van der Waals surface area (Å²) in [5.74, 6) is 0.0699. The molecule has 0 atom stereocenters. The van der Waals surface area contributed by atoms with E-state index in [-0.39, 0.29) is 5.91 Å². The molecule has 0 N–H and O–H groups in total. The van der Waals surface area contributed by atoms with E-state index >= 15 is 0 Å². The molecule has 3 rings (SSSR count). The summed E-state index contributed by atoms with van der Waals surface area (Å²) in [6, 6.07) is 14.0. The molecule has 0 saturated carbocycles. The normalized spacial score (nSPS) is 13.5. The largest absolute Gasteiger partial charge is 0.308 e. The maximum atomic E-state index is 12.7. The first-order valence-electron chi connectivity index (χ1n) is 6.33. The number of amides is 1. The van der Waals surface area contributed by atoms with Crippen LogP contribution in [0.4, 0.5) is 5.69 Å². The molecule has 1 heterocycles. The highest BCUT2D eigenvalue weighted by atomic mass is 79.9. The van der Waals surface area contributed by atoms with Crippen molar-refractivity contribution < 1.29 is 4.79 Å². The van der Waals surface area contributed by atoms with Gasteiger partial charge in [0.15, 0.2) is 0 Å². The van der Waals surface area contributed by atoms with Crippen LogP contribution in [-0.4, -0.2) is 12.5 Å². The zero-order chi connectivity index (χ0) is 13.4. The van der Waals surface area contributed by atoms with Crippen molar-refractivity contribution in [1.82, 2.24) is 0 Å². The van der Waals surface area contributed by atoms with E-state index in [9.17, 15) is 4.79 Å². The number of rotatable bonds is 1. The molecular weight excluding hydrogens is 302 g/mol. The highest BCUT2D eigenvalue weighted by Crippen LogP contribution is 2.30. The Bertz CT molecular complexity index is 651. The number of carbonyl (C=O) groups excluding carboxylic acids is 1. The Morgan fingerprint density at radius 2 is 2.00 bits per heavy atom. The molecule has 1 amide bonds. The predicted octanol–water partition coefficient (Wildman–Crippen LogP) is 3.96. The van der Waals surface area contributed by atoms with Gasteiger partial charge in [0.05, 0.1) is 5.56 Å². The number of nitrogens with zero attached hydrogens (tertiary/aromatic N) is 1. The zero-order valence-electron chi connectivity index (χ0n) is 10.7. The van der Waals surface area contributed by atoms with Gasteiger partial charge in [-0.05, 0) is 53.0 Å². The molecule has 1 aliphatic rings. The van der Waals surface area contributed by atoms with E-state index in [2.05, 4.69) is 22.0 Å². The van der Waals surface area contributed by atoms with E-state index in [0.29, 0.717) is 0 Å². The predicted molar refractivity (Wildman–Crippen MR) is 80.7 cm³/mol. The molecule has 1 aliphatic heterocycles. The van der Waals surface area contributed by atoms with E-state index in [0.717, 1.165) is 34.3 Å². The Kier molecular flexibility index (Phi) is 3.15. The Balaban J connectivity index is 2.00.